The van der Waals surface area contributed by atoms with Gasteiger partial charge in [0.1, 0.15) is 29.0 Å². The van der Waals surface area contributed by atoms with Crippen molar-refractivity contribution in [2.45, 2.75) is 38.4 Å². The van der Waals surface area contributed by atoms with Crippen LogP contribution < -0.4 is 4.74 Å². The summed E-state index contributed by atoms with van der Waals surface area (Å²) < 4.78 is 19.4. The average Bonchev–Trinajstić information content (AvgIpc) is 2.75. The number of amides is 1. The Morgan fingerprint density at radius 3 is 2.71 bits per heavy atom. The number of rotatable bonds is 5. The van der Waals surface area contributed by atoms with E-state index in [9.17, 15) is 14.3 Å². The molecule has 1 N–H and O–H groups in total. The minimum absolute atomic E-state index is 0.184. The number of carbonyl (C=O) groups excluding carboxylic acids is 1. The van der Waals surface area contributed by atoms with Gasteiger partial charge in [0.2, 0.25) is 0 Å². The molecule has 1 fully saturated rings. The van der Waals surface area contributed by atoms with Gasteiger partial charge < -0.3 is 14.7 Å². The second kappa shape index (κ2) is 8.63. The molecule has 1 saturated heterocycles. The first-order valence-corrected chi connectivity index (χ1v) is 10.6. The lowest BCUT2D eigenvalue weighted by atomic mass is 9.81. The molecule has 1 amide bonds. The highest BCUT2D eigenvalue weighted by Crippen LogP contribution is 2.33. The molecule has 5 nitrogen and oxygen atoms in total. The fourth-order valence-electron chi connectivity index (χ4n) is 4.34. The molecule has 1 aliphatic heterocycles. The van der Waals surface area contributed by atoms with Crippen molar-refractivity contribution in [2.75, 3.05) is 13.1 Å². The molecule has 6 heteroatoms. The lowest BCUT2D eigenvalue weighted by Gasteiger charge is -2.45. The average molecular weight is 423 g/mol. The van der Waals surface area contributed by atoms with Crippen LogP contribution in [0.15, 0.2) is 60.8 Å². The van der Waals surface area contributed by atoms with Crippen molar-refractivity contribution in [2.24, 2.45) is 5.92 Å². The van der Waals surface area contributed by atoms with Crippen molar-refractivity contribution in [3.63, 3.8) is 0 Å². The topological polar surface area (TPSA) is 62.7 Å². The number of benzene rings is 2. The third kappa shape index (κ3) is 4.54. The minimum Gasteiger partial charge on any atom is -0.486 e. The monoisotopic (exact) mass is 422 g/mol. The molecule has 1 aromatic heterocycles. The van der Waals surface area contributed by atoms with Gasteiger partial charge in [-0.25, -0.2) is 4.39 Å². The lowest BCUT2D eigenvalue weighted by Crippen LogP contribution is -2.59. The Hall–Kier alpha value is -2.99. The number of likely N-dealkylation sites (tertiary alicyclic amines) is 1. The van der Waals surface area contributed by atoms with Crippen LogP contribution in [0, 0.1) is 11.7 Å². The number of piperidine rings is 1. The molecular formula is C25H27FN2O3. The number of pyridine rings is 1. The summed E-state index contributed by atoms with van der Waals surface area (Å²) in [4.78, 5) is 19.4. The molecule has 2 aromatic carbocycles. The summed E-state index contributed by atoms with van der Waals surface area (Å²) in [5.74, 6) is 0.181. The zero-order valence-corrected chi connectivity index (χ0v) is 17.8. The summed E-state index contributed by atoms with van der Waals surface area (Å²) in [5.41, 5.74) is -0.682. The molecular weight excluding hydrogens is 395 g/mol. The van der Waals surface area contributed by atoms with Crippen LogP contribution in [-0.4, -0.2) is 45.7 Å². The quantitative estimate of drug-likeness (QED) is 0.660. The minimum atomic E-state index is -1.08. The van der Waals surface area contributed by atoms with Crippen molar-refractivity contribution in [3.05, 3.63) is 72.3 Å². The van der Waals surface area contributed by atoms with Gasteiger partial charge in [0.05, 0.1) is 6.54 Å². The molecule has 162 valence electrons. The predicted octanol–water partition coefficient (Wildman–Crippen LogP) is 4.44. The van der Waals surface area contributed by atoms with Gasteiger partial charge in [0.25, 0.3) is 5.91 Å². The number of aliphatic hydroxyl groups is 1. The Kier molecular flexibility index (Phi) is 5.92. The van der Waals surface area contributed by atoms with Crippen molar-refractivity contribution >= 4 is 16.7 Å². The largest absolute Gasteiger partial charge is 0.486 e. The van der Waals surface area contributed by atoms with E-state index in [1.165, 1.54) is 24.3 Å². The number of halogens is 1. The fourth-order valence-corrected chi connectivity index (χ4v) is 4.34. The Morgan fingerprint density at radius 1 is 1.23 bits per heavy atom. The maximum atomic E-state index is 13.4. The smallest absolute Gasteiger partial charge is 0.273 e. The SMILES string of the molecule is CC(C)C[C@]1(O)CCN(C(=O)c2nccc3ccccc23)C[C@@H]1Oc1ccc(F)cc1. The van der Waals surface area contributed by atoms with Gasteiger partial charge in [-0.3, -0.25) is 9.78 Å². The van der Waals surface area contributed by atoms with E-state index in [-0.39, 0.29) is 24.2 Å². The van der Waals surface area contributed by atoms with Crippen LogP contribution in [0.4, 0.5) is 4.39 Å². The van der Waals surface area contributed by atoms with E-state index in [0.717, 1.165) is 10.8 Å². The molecule has 0 aliphatic carbocycles. The third-order valence-electron chi connectivity index (χ3n) is 5.82. The highest BCUT2D eigenvalue weighted by molar-refractivity contribution is 6.05. The summed E-state index contributed by atoms with van der Waals surface area (Å²) in [6.45, 7) is 4.73. The summed E-state index contributed by atoms with van der Waals surface area (Å²) in [7, 11) is 0. The van der Waals surface area contributed by atoms with E-state index in [2.05, 4.69) is 4.98 Å². The predicted molar refractivity (Wildman–Crippen MR) is 117 cm³/mol. The third-order valence-corrected chi connectivity index (χ3v) is 5.82. The molecule has 0 unspecified atom stereocenters. The van der Waals surface area contributed by atoms with Crippen molar-refractivity contribution in [1.82, 2.24) is 9.88 Å². The lowest BCUT2D eigenvalue weighted by molar-refractivity contribution is -0.111. The molecule has 4 rings (SSSR count). The van der Waals surface area contributed by atoms with Gasteiger partial charge in [-0.05, 0) is 54.5 Å². The van der Waals surface area contributed by atoms with Crippen molar-refractivity contribution in [1.29, 1.82) is 0 Å². The van der Waals surface area contributed by atoms with Crippen LogP contribution in [0.2, 0.25) is 0 Å². The van der Waals surface area contributed by atoms with Gasteiger partial charge in [-0.15, -0.1) is 0 Å². The normalized spacial score (nSPS) is 21.5. The standard InChI is InChI=1S/C25H27FN2O3/c1-17(2)15-25(30)12-14-28(16-22(25)31-20-9-7-19(26)8-10-20)24(29)23-21-6-4-3-5-18(21)11-13-27-23/h3-11,13,17,22,30H,12,14-16H2,1-2H3/t22-,25+/m0/s1. The molecule has 0 bridgehead atoms. The van der Waals surface area contributed by atoms with E-state index in [1.807, 2.05) is 44.2 Å². The maximum Gasteiger partial charge on any atom is 0.273 e. The Morgan fingerprint density at radius 2 is 1.97 bits per heavy atom. The first-order valence-electron chi connectivity index (χ1n) is 10.6. The van der Waals surface area contributed by atoms with Gasteiger partial charge in [-0.1, -0.05) is 38.1 Å². The number of ether oxygens (including phenoxy) is 1. The van der Waals surface area contributed by atoms with Crippen LogP contribution in [0.1, 0.15) is 37.2 Å². The molecule has 0 spiro atoms. The molecule has 0 saturated carbocycles. The molecule has 1 aliphatic rings. The van der Waals surface area contributed by atoms with Crippen LogP contribution in [-0.2, 0) is 0 Å². The maximum absolute atomic E-state index is 13.4. The van der Waals surface area contributed by atoms with Gasteiger partial charge in [0, 0.05) is 18.1 Å². The second-order valence-electron chi connectivity index (χ2n) is 8.64. The summed E-state index contributed by atoms with van der Waals surface area (Å²) in [5, 5.41) is 13.2. The van der Waals surface area contributed by atoms with E-state index in [4.69, 9.17) is 4.74 Å². The van der Waals surface area contributed by atoms with Crippen molar-refractivity contribution in [3.8, 4) is 5.75 Å². The number of fused-ring (bicyclic) bond motifs is 1. The number of aromatic nitrogens is 1. The highest BCUT2D eigenvalue weighted by Gasteiger charge is 2.45. The molecule has 3 aromatic rings. The number of hydrogen-bond donors (Lipinski definition) is 1. The van der Waals surface area contributed by atoms with E-state index in [1.54, 1.807) is 11.1 Å². The summed E-state index contributed by atoms with van der Waals surface area (Å²) in [6.07, 6.45) is 1.95. The zero-order valence-electron chi connectivity index (χ0n) is 17.8. The number of nitrogens with zero attached hydrogens (tertiary/aromatic N) is 2. The van der Waals surface area contributed by atoms with E-state index >= 15 is 0 Å². The first-order chi connectivity index (χ1) is 14.9. The molecule has 0 radical (unpaired) electrons. The number of hydrogen-bond acceptors (Lipinski definition) is 4. The second-order valence-corrected chi connectivity index (χ2v) is 8.64. The van der Waals surface area contributed by atoms with Crippen LogP contribution >= 0.6 is 0 Å². The summed E-state index contributed by atoms with van der Waals surface area (Å²) >= 11 is 0. The molecule has 2 atom stereocenters. The van der Waals surface area contributed by atoms with E-state index < -0.39 is 11.7 Å². The Bertz CT molecular complexity index is 1060. The fraction of sp³-hybridized carbons (Fsp3) is 0.360. The van der Waals surface area contributed by atoms with Gasteiger partial charge >= 0.3 is 0 Å². The Labute approximate surface area is 181 Å². The van der Waals surface area contributed by atoms with E-state index in [0.29, 0.717) is 30.8 Å². The molecule has 31 heavy (non-hydrogen) atoms. The van der Waals surface area contributed by atoms with Gasteiger partial charge in [0.15, 0.2) is 0 Å². The summed E-state index contributed by atoms with van der Waals surface area (Å²) in [6, 6.07) is 15.3. The van der Waals surface area contributed by atoms with Gasteiger partial charge in [-0.2, -0.15) is 0 Å². The Balaban J connectivity index is 1.61. The number of carbonyl (C=O) groups is 1. The first kappa shape index (κ1) is 21.2. The van der Waals surface area contributed by atoms with Crippen LogP contribution in [0.5, 0.6) is 5.75 Å². The van der Waals surface area contributed by atoms with Crippen molar-refractivity contribution < 1.29 is 19.0 Å². The van der Waals surface area contributed by atoms with Crippen LogP contribution in [0.3, 0.4) is 0 Å². The molecule has 2 heterocycles. The highest BCUT2D eigenvalue weighted by atomic mass is 19.1. The van der Waals surface area contributed by atoms with Crippen LogP contribution in [0.25, 0.3) is 10.8 Å². The zero-order chi connectivity index (χ0) is 22.0.